The molecule has 5 nitrogen and oxygen atoms in total. The highest BCUT2D eigenvalue weighted by Crippen LogP contribution is 2.60. The predicted molar refractivity (Wildman–Crippen MR) is 130 cm³/mol. The van der Waals surface area contributed by atoms with Crippen LogP contribution >= 0.6 is 0 Å². The fourth-order valence-corrected chi connectivity index (χ4v) is 8.68. The van der Waals surface area contributed by atoms with Crippen LogP contribution in [0, 0.1) is 17.7 Å². The lowest BCUT2D eigenvalue weighted by atomic mass is 9.72. The van der Waals surface area contributed by atoms with E-state index in [2.05, 4.69) is 5.32 Å². The summed E-state index contributed by atoms with van der Waals surface area (Å²) in [5.74, 6) is -2.73. The first-order valence-corrected chi connectivity index (χ1v) is 14.1. The molecule has 3 atom stereocenters. The highest BCUT2D eigenvalue weighted by Gasteiger charge is 2.73. The Morgan fingerprint density at radius 2 is 1.56 bits per heavy atom. The first-order chi connectivity index (χ1) is 18.7. The number of nitrogens with one attached hydrogen (secondary N) is 1. The van der Waals surface area contributed by atoms with Crippen molar-refractivity contribution in [1.82, 2.24) is 5.32 Å². The van der Waals surface area contributed by atoms with Gasteiger partial charge >= 0.3 is 18.0 Å². The summed E-state index contributed by atoms with van der Waals surface area (Å²) in [6.45, 7) is 2.44. The van der Waals surface area contributed by atoms with E-state index in [1.54, 1.807) is 0 Å². The maximum absolute atomic E-state index is 14.9. The summed E-state index contributed by atoms with van der Waals surface area (Å²) in [6.07, 6.45) is -12.8. The van der Waals surface area contributed by atoms with Gasteiger partial charge in [0.1, 0.15) is 16.2 Å². The summed E-state index contributed by atoms with van der Waals surface area (Å²) in [5.41, 5.74) is -9.38. The van der Waals surface area contributed by atoms with Crippen LogP contribution in [0.2, 0.25) is 0 Å². The van der Waals surface area contributed by atoms with Gasteiger partial charge in [-0.2, -0.15) is 26.3 Å². The lowest BCUT2D eigenvalue weighted by Gasteiger charge is -2.43. The Hall–Kier alpha value is -2.74. The largest absolute Gasteiger partial charge is 0.435 e. The van der Waals surface area contributed by atoms with E-state index < -0.39 is 67.3 Å². The molecule has 14 heteroatoms. The standard InChI is InChI=1S/C27H27F8NO4S/c1-23(2,38)22(37)36-14-16-11-12-24(41(39,40)19-7-5-18(28)6-8-19)20-10-4-17(13-15(20)3-9-21(16)24)25(29,26(30,31)32)27(33,34)35/h4-8,10,13,16,21,38H,3,9,11-12,14H2,1-2H3,(H,36,37)/t16?,21-,24+/m0/s1. The van der Waals surface area contributed by atoms with E-state index in [1.807, 2.05) is 0 Å². The quantitative estimate of drug-likeness (QED) is 0.326. The van der Waals surface area contributed by atoms with E-state index in [1.165, 1.54) is 13.8 Å². The van der Waals surface area contributed by atoms with Crippen molar-refractivity contribution in [2.75, 3.05) is 6.54 Å². The number of amides is 1. The molecule has 0 heterocycles. The number of hydrogen-bond acceptors (Lipinski definition) is 4. The summed E-state index contributed by atoms with van der Waals surface area (Å²) in [6, 6.07) is 5.40. The van der Waals surface area contributed by atoms with Crippen molar-refractivity contribution in [3.05, 3.63) is 65.0 Å². The van der Waals surface area contributed by atoms with Crippen LogP contribution in [0.25, 0.3) is 0 Å². The lowest BCUT2D eigenvalue weighted by Crippen LogP contribution is -2.51. The molecule has 1 fully saturated rings. The van der Waals surface area contributed by atoms with Crippen LogP contribution in [0.4, 0.5) is 35.1 Å². The Bertz CT molecular complexity index is 1420. The first-order valence-electron chi connectivity index (χ1n) is 12.6. The van der Waals surface area contributed by atoms with Crippen molar-refractivity contribution in [3.63, 3.8) is 0 Å². The smallest absolute Gasteiger partial charge is 0.381 e. The number of sulfone groups is 1. The van der Waals surface area contributed by atoms with E-state index in [-0.39, 0.29) is 48.3 Å². The minimum atomic E-state index is -6.34. The first kappa shape index (κ1) is 31.2. The van der Waals surface area contributed by atoms with E-state index in [0.717, 1.165) is 30.3 Å². The number of aliphatic hydroxyl groups is 1. The van der Waals surface area contributed by atoms with Gasteiger partial charge in [-0.3, -0.25) is 4.79 Å². The van der Waals surface area contributed by atoms with Crippen molar-refractivity contribution in [2.45, 2.75) is 72.8 Å². The molecule has 1 saturated carbocycles. The van der Waals surface area contributed by atoms with Crippen molar-refractivity contribution >= 4 is 15.7 Å². The molecule has 1 amide bonds. The molecule has 2 aliphatic carbocycles. The van der Waals surface area contributed by atoms with E-state index >= 15 is 0 Å². The number of rotatable bonds is 6. The Labute approximate surface area is 230 Å². The van der Waals surface area contributed by atoms with Gasteiger partial charge in [0.2, 0.25) is 0 Å². The average Bonchev–Trinajstić information content (AvgIpc) is 3.25. The molecule has 0 bridgehead atoms. The summed E-state index contributed by atoms with van der Waals surface area (Å²) in [7, 11) is -4.46. The van der Waals surface area contributed by atoms with Crippen LogP contribution in [0.1, 0.15) is 49.8 Å². The molecule has 1 unspecified atom stereocenters. The number of fused-ring (bicyclic) bond motifs is 3. The van der Waals surface area contributed by atoms with E-state index in [0.29, 0.717) is 12.1 Å². The minimum absolute atomic E-state index is 0.0166. The number of aryl methyl sites for hydroxylation is 1. The Kier molecular flexibility index (Phi) is 7.55. The number of carbonyl (C=O) groups excluding carboxylic acids is 1. The van der Waals surface area contributed by atoms with Gasteiger partial charge in [0.15, 0.2) is 9.84 Å². The zero-order chi connectivity index (χ0) is 30.8. The Morgan fingerprint density at radius 1 is 0.976 bits per heavy atom. The third-order valence-electron chi connectivity index (χ3n) is 8.20. The topological polar surface area (TPSA) is 83.5 Å². The highest BCUT2D eigenvalue weighted by atomic mass is 32.2. The minimum Gasteiger partial charge on any atom is -0.381 e. The normalized spacial score (nSPS) is 23.6. The molecule has 0 saturated heterocycles. The summed E-state index contributed by atoms with van der Waals surface area (Å²) in [5, 5.41) is 12.5. The van der Waals surface area contributed by atoms with Gasteiger partial charge in [0.05, 0.1) is 4.90 Å². The molecular weight excluding hydrogens is 586 g/mol. The van der Waals surface area contributed by atoms with Crippen LogP contribution < -0.4 is 5.32 Å². The molecule has 2 aliphatic rings. The van der Waals surface area contributed by atoms with Crippen LogP contribution in [0.5, 0.6) is 0 Å². The third kappa shape index (κ3) is 4.90. The molecule has 226 valence electrons. The number of carbonyl (C=O) groups is 1. The predicted octanol–water partition coefficient (Wildman–Crippen LogP) is 5.64. The summed E-state index contributed by atoms with van der Waals surface area (Å²) in [4.78, 5) is 12.0. The molecule has 2 aromatic carbocycles. The van der Waals surface area contributed by atoms with Crippen LogP contribution in [0.15, 0.2) is 47.4 Å². The van der Waals surface area contributed by atoms with Crippen LogP contribution in [0.3, 0.4) is 0 Å². The molecule has 0 radical (unpaired) electrons. The van der Waals surface area contributed by atoms with Crippen molar-refractivity contribution in [1.29, 1.82) is 0 Å². The summed E-state index contributed by atoms with van der Waals surface area (Å²) < 4.78 is 136. The second-order valence-corrected chi connectivity index (χ2v) is 13.3. The fourth-order valence-electron chi connectivity index (χ4n) is 6.18. The zero-order valence-electron chi connectivity index (χ0n) is 21.8. The SMILES string of the molecule is CC(C)(O)C(=O)NCC1CC[C@@]2(S(=O)(=O)c3ccc(F)cc3)c3ccc(C(F)(C(F)(F)F)C(F)(F)F)cc3CC[C@@H]12. The fraction of sp³-hybridized carbons (Fsp3) is 0.519. The number of hydrogen-bond donors (Lipinski definition) is 2. The van der Waals surface area contributed by atoms with Gasteiger partial charge in [-0.25, -0.2) is 17.2 Å². The molecule has 4 rings (SSSR count). The molecule has 41 heavy (non-hydrogen) atoms. The molecule has 2 aromatic rings. The van der Waals surface area contributed by atoms with Gasteiger partial charge < -0.3 is 10.4 Å². The second kappa shape index (κ2) is 9.92. The van der Waals surface area contributed by atoms with Gasteiger partial charge in [-0.1, -0.05) is 18.2 Å². The maximum atomic E-state index is 14.9. The molecule has 0 aliphatic heterocycles. The van der Waals surface area contributed by atoms with E-state index in [4.69, 9.17) is 0 Å². The van der Waals surface area contributed by atoms with Crippen LogP contribution in [-0.4, -0.2) is 43.9 Å². The van der Waals surface area contributed by atoms with Crippen molar-refractivity contribution in [2.24, 2.45) is 11.8 Å². The summed E-state index contributed by atoms with van der Waals surface area (Å²) >= 11 is 0. The number of benzene rings is 2. The average molecular weight is 614 g/mol. The van der Waals surface area contributed by atoms with Crippen molar-refractivity contribution in [3.8, 4) is 0 Å². The zero-order valence-corrected chi connectivity index (χ0v) is 22.7. The monoisotopic (exact) mass is 613 g/mol. The molecule has 2 N–H and O–H groups in total. The van der Waals surface area contributed by atoms with Gasteiger partial charge in [-0.05, 0) is 86.8 Å². The van der Waals surface area contributed by atoms with Crippen molar-refractivity contribution < 1.29 is 53.4 Å². The van der Waals surface area contributed by atoms with Crippen LogP contribution in [-0.2, 0) is 31.5 Å². The third-order valence-corrected chi connectivity index (χ3v) is 10.8. The molecule has 0 aromatic heterocycles. The number of halogens is 8. The lowest BCUT2D eigenvalue weighted by molar-refractivity contribution is -0.348. The highest BCUT2D eigenvalue weighted by molar-refractivity contribution is 7.92. The van der Waals surface area contributed by atoms with E-state index in [9.17, 15) is 53.4 Å². The Balaban J connectivity index is 1.87. The van der Waals surface area contributed by atoms with Gasteiger partial charge in [0, 0.05) is 12.1 Å². The molecular formula is C27H27F8NO4S. The van der Waals surface area contributed by atoms with Gasteiger partial charge in [-0.15, -0.1) is 0 Å². The van der Waals surface area contributed by atoms with Gasteiger partial charge in [0.25, 0.3) is 5.91 Å². The maximum Gasteiger partial charge on any atom is 0.435 e. The Morgan fingerprint density at radius 3 is 2.10 bits per heavy atom. The second-order valence-electron chi connectivity index (χ2n) is 11.1. The molecule has 0 spiro atoms. The number of alkyl halides is 7.